The highest BCUT2D eigenvalue weighted by Gasteiger charge is 2.24. The molecule has 1 amide bonds. The van der Waals surface area contributed by atoms with E-state index in [4.69, 9.17) is 10.5 Å². The molecule has 0 bridgehead atoms. The van der Waals surface area contributed by atoms with Crippen molar-refractivity contribution >= 4 is 5.91 Å². The molecule has 0 aromatic carbocycles. The number of nitrogens with one attached hydrogen (secondary N) is 1. The van der Waals surface area contributed by atoms with Gasteiger partial charge in [-0.2, -0.15) is 0 Å². The average Bonchev–Trinajstić information content (AvgIpc) is 2.22. The number of carbonyl (C=O) groups excluding carboxylic acids is 1. The Morgan fingerprint density at radius 3 is 2.60 bits per heavy atom. The Balaban J connectivity index is 3.47. The van der Waals surface area contributed by atoms with Gasteiger partial charge in [-0.15, -0.1) is 0 Å². The van der Waals surface area contributed by atoms with Crippen LogP contribution >= 0.6 is 0 Å². The van der Waals surface area contributed by atoms with Crippen LogP contribution in [0, 0.1) is 0 Å². The molecule has 0 aromatic rings. The van der Waals surface area contributed by atoms with Crippen molar-refractivity contribution in [2.75, 3.05) is 19.8 Å². The van der Waals surface area contributed by atoms with Gasteiger partial charge in [0.05, 0.1) is 5.54 Å². The van der Waals surface area contributed by atoms with Crippen LogP contribution in [0.5, 0.6) is 0 Å². The molecule has 0 radical (unpaired) electrons. The minimum Gasteiger partial charge on any atom is -0.381 e. The second kappa shape index (κ2) is 7.65. The third-order valence-corrected chi connectivity index (χ3v) is 2.35. The van der Waals surface area contributed by atoms with Gasteiger partial charge in [0.2, 0.25) is 5.91 Å². The fourth-order valence-electron chi connectivity index (χ4n) is 0.985. The van der Waals surface area contributed by atoms with Gasteiger partial charge in [0, 0.05) is 19.8 Å². The third kappa shape index (κ3) is 6.47. The summed E-state index contributed by atoms with van der Waals surface area (Å²) in [5.74, 6) is -0.0829. The monoisotopic (exact) mass is 216 g/mol. The Hall–Kier alpha value is -0.610. The number of hydrogen-bond acceptors (Lipinski definition) is 3. The molecule has 0 rings (SSSR count). The fourth-order valence-corrected chi connectivity index (χ4v) is 0.985. The molecule has 0 saturated heterocycles. The Labute approximate surface area is 92.6 Å². The highest BCUT2D eigenvalue weighted by Crippen LogP contribution is 2.03. The zero-order valence-corrected chi connectivity index (χ0v) is 10.1. The first-order chi connectivity index (χ1) is 7.04. The van der Waals surface area contributed by atoms with Crippen LogP contribution in [0.2, 0.25) is 0 Å². The van der Waals surface area contributed by atoms with E-state index in [-0.39, 0.29) is 5.91 Å². The van der Waals surface area contributed by atoms with Gasteiger partial charge >= 0.3 is 0 Å². The Kier molecular flexibility index (Phi) is 7.34. The van der Waals surface area contributed by atoms with Crippen molar-refractivity contribution in [3.8, 4) is 0 Å². The van der Waals surface area contributed by atoms with Gasteiger partial charge in [0.15, 0.2) is 0 Å². The number of amides is 1. The molecule has 0 aromatic heterocycles. The maximum atomic E-state index is 11.5. The minimum atomic E-state index is -0.746. The van der Waals surface area contributed by atoms with E-state index in [1.165, 1.54) is 0 Å². The van der Waals surface area contributed by atoms with E-state index in [2.05, 4.69) is 12.2 Å². The molecule has 90 valence electrons. The first-order valence-corrected chi connectivity index (χ1v) is 5.69. The summed E-state index contributed by atoms with van der Waals surface area (Å²) in [6.45, 7) is 7.84. The predicted octanol–water partition coefficient (Wildman–Crippen LogP) is 1.05. The van der Waals surface area contributed by atoms with Gasteiger partial charge in [-0.1, -0.05) is 13.8 Å². The van der Waals surface area contributed by atoms with Crippen LogP contribution in [0.3, 0.4) is 0 Å². The molecule has 0 aliphatic carbocycles. The lowest BCUT2D eigenvalue weighted by Gasteiger charge is -2.21. The number of carbonyl (C=O) groups is 1. The van der Waals surface area contributed by atoms with Gasteiger partial charge in [0.1, 0.15) is 0 Å². The lowest BCUT2D eigenvalue weighted by Crippen LogP contribution is -2.51. The lowest BCUT2D eigenvalue weighted by molar-refractivity contribution is -0.125. The molecule has 3 N–H and O–H groups in total. The molecular weight excluding hydrogens is 192 g/mol. The number of rotatable bonds is 8. The van der Waals surface area contributed by atoms with E-state index < -0.39 is 5.54 Å². The number of nitrogens with two attached hydrogens (primary N) is 1. The first kappa shape index (κ1) is 14.4. The second-order valence-electron chi connectivity index (χ2n) is 3.99. The molecule has 15 heavy (non-hydrogen) atoms. The smallest absolute Gasteiger partial charge is 0.239 e. The van der Waals surface area contributed by atoms with Crippen molar-refractivity contribution in [3.63, 3.8) is 0 Å². The van der Waals surface area contributed by atoms with Crippen molar-refractivity contribution in [1.82, 2.24) is 5.32 Å². The molecule has 0 aliphatic heterocycles. The SMILES string of the molecule is CCCOCCCNC(=O)C(C)(N)CC. The average molecular weight is 216 g/mol. The number of hydrogen-bond donors (Lipinski definition) is 2. The van der Waals surface area contributed by atoms with Crippen LogP contribution in [-0.2, 0) is 9.53 Å². The minimum absolute atomic E-state index is 0.0829. The Morgan fingerprint density at radius 1 is 1.40 bits per heavy atom. The second-order valence-corrected chi connectivity index (χ2v) is 3.99. The molecule has 0 heterocycles. The van der Waals surface area contributed by atoms with Crippen LogP contribution in [0.1, 0.15) is 40.0 Å². The van der Waals surface area contributed by atoms with E-state index >= 15 is 0 Å². The summed E-state index contributed by atoms with van der Waals surface area (Å²) in [6, 6.07) is 0. The Morgan fingerprint density at radius 2 is 2.07 bits per heavy atom. The molecule has 1 atom stereocenters. The third-order valence-electron chi connectivity index (χ3n) is 2.35. The van der Waals surface area contributed by atoms with E-state index in [9.17, 15) is 4.79 Å². The summed E-state index contributed by atoms with van der Waals surface area (Å²) in [5, 5.41) is 2.81. The summed E-state index contributed by atoms with van der Waals surface area (Å²) in [6.07, 6.45) is 2.51. The van der Waals surface area contributed by atoms with Gasteiger partial charge in [0.25, 0.3) is 0 Å². The van der Waals surface area contributed by atoms with Crippen molar-refractivity contribution < 1.29 is 9.53 Å². The summed E-state index contributed by atoms with van der Waals surface area (Å²) in [4.78, 5) is 11.5. The predicted molar refractivity (Wildman–Crippen MR) is 61.6 cm³/mol. The first-order valence-electron chi connectivity index (χ1n) is 5.69. The van der Waals surface area contributed by atoms with Crippen LogP contribution in [0.25, 0.3) is 0 Å². The topological polar surface area (TPSA) is 64.3 Å². The standard InChI is InChI=1S/C11H24N2O2/c1-4-8-15-9-6-7-13-10(14)11(3,12)5-2/h4-9,12H2,1-3H3,(H,13,14). The summed E-state index contributed by atoms with van der Waals surface area (Å²) >= 11 is 0. The molecule has 0 spiro atoms. The molecule has 0 fully saturated rings. The maximum Gasteiger partial charge on any atom is 0.239 e. The normalized spacial score (nSPS) is 14.7. The van der Waals surface area contributed by atoms with Crippen LogP contribution < -0.4 is 11.1 Å². The van der Waals surface area contributed by atoms with Crippen molar-refractivity contribution in [2.45, 2.75) is 45.6 Å². The molecule has 4 heteroatoms. The van der Waals surface area contributed by atoms with Crippen molar-refractivity contribution in [3.05, 3.63) is 0 Å². The van der Waals surface area contributed by atoms with Gasteiger partial charge < -0.3 is 15.8 Å². The van der Waals surface area contributed by atoms with Crippen LogP contribution in [0.4, 0.5) is 0 Å². The van der Waals surface area contributed by atoms with Crippen molar-refractivity contribution in [2.24, 2.45) is 5.73 Å². The van der Waals surface area contributed by atoms with E-state index in [1.807, 2.05) is 6.92 Å². The highest BCUT2D eigenvalue weighted by molar-refractivity contribution is 5.85. The quantitative estimate of drug-likeness (QED) is 0.596. The highest BCUT2D eigenvalue weighted by atomic mass is 16.5. The molecular formula is C11H24N2O2. The lowest BCUT2D eigenvalue weighted by atomic mass is 10.00. The zero-order chi connectivity index (χ0) is 11.7. The Bertz CT molecular complexity index is 181. The summed E-state index contributed by atoms with van der Waals surface area (Å²) in [5.41, 5.74) is 5.03. The van der Waals surface area contributed by atoms with Gasteiger partial charge in [-0.3, -0.25) is 4.79 Å². The molecule has 0 aliphatic rings. The molecule has 4 nitrogen and oxygen atoms in total. The van der Waals surface area contributed by atoms with E-state index in [0.717, 1.165) is 19.4 Å². The zero-order valence-electron chi connectivity index (χ0n) is 10.1. The van der Waals surface area contributed by atoms with Gasteiger partial charge in [-0.05, 0) is 26.2 Å². The summed E-state index contributed by atoms with van der Waals surface area (Å²) < 4.78 is 5.29. The van der Waals surface area contributed by atoms with Crippen LogP contribution in [0.15, 0.2) is 0 Å². The van der Waals surface area contributed by atoms with E-state index in [1.54, 1.807) is 6.92 Å². The molecule has 0 saturated carbocycles. The largest absolute Gasteiger partial charge is 0.381 e. The van der Waals surface area contributed by atoms with Gasteiger partial charge in [-0.25, -0.2) is 0 Å². The fraction of sp³-hybridized carbons (Fsp3) is 0.909. The maximum absolute atomic E-state index is 11.5. The van der Waals surface area contributed by atoms with E-state index in [0.29, 0.717) is 19.6 Å². The number of ether oxygens (including phenoxy) is 1. The van der Waals surface area contributed by atoms with Crippen LogP contribution in [-0.4, -0.2) is 31.2 Å². The van der Waals surface area contributed by atoms with Crippen molar-refractivity contribution in [1.29, 1.82) is 0 Å². The summed E-state index contributed by atoms with van der Waals surface area (Å²) in [7, 11) is 0. The molecule has 1 unspecified atom stereocenters.